The van der Waals surface area contributed by atoms with Crippen LogP contribution in [0.4, 0.5) is 0 Å². The molecule has 3 rings (SSSR count). The van der Waals surface area contributed by atoms with Crippen LogP contribution in [0.3, 0.4) is 0 Å². The second kappa shape index (κ2) is 5.39. The lowest BCUT2D eigenvalue weighted by atomic mass is 10.3. The molecule has 102 valence electrons. The Balaban J connectivity index is 1.91. The van der Waals surface area contributed by atoms with Crippen LogP contribution in [0.25, 0.3) is 23.1 Å². The average Bonchev–Trinajstić information content (AvgIpc) is 3.08. The summed E-state index contributed by atoms with van der Waals surface area (Å²) in [7, 11) is 0. The molecule has 0 saturated carbocycles. The predicted molar refractivity (Wildman–Crippen MR) is 78.9 cm³/mol. The number of rotatable bonds is 3. The molecule has 8 heteroatoms. The smallest absolute Gasteiger partial charge is 0.277 e. The van der Waals surface area contributed by atoms with Crippen molar-refractivity contribution < 1.29 is 4.52 Å². The number of thiazole rings is 1. The number of pyridine rings is 1. The summed E-state index contributed by atoms with van der Waals surface area (Å²) in [4.78, 5) is 12.9. The van der Waals surface area contributed by atoms with Gasteiger partial charge in [0.05, 0.1) is 6.04 Å². The molecule has 1 atom stereocenters. The molecule has 2 N–H and O–H groups in total. The van der Waals surface area contributed by atoms with Gasteiger partial charge in [-0.2, -0.15) is 4.98 Å². The molecule has 3 aromatic heterocycles. The molecule has 0 aliphatic rings. The molecule has 0 aliphatic heterocycles. The third kappa shape index (κ3) is 2.62. The topological polar surface area (TPSA) is 90.7 Å². The maximum Gasteiger partial charge on any atom is 0.277 e. The molecule has 1 unspecified atom stereocenters. The Kier molecular flexibility index (Phi) is 3.60. The zero-order chi connectivity index (χ0) is 14.1. The molecule has 0 amide bonds. The van der Waals surface area contributed by atoms with Crippen molar-refractivity contribution in [2.75, 3.05) is 0 Å². The highest BCUT2D eigenvalue weighted by Gasteiger charge is 2.15. The fraction of sp³-hybridized carbons (Fsp3) is 0.167. The van der Waals surface area contributed by atoms with Crippen molar-refractivity contribution in [2.45, 2.75) is 13.0 Å². The Labute approximate surface area is 127 Å². The number of aromatic nitrogens is 4. The summed E-state index contributed by atoms with van der Waals surface area (Å²) in [5.74, 6) is 0.802. The number of nitrogens with two attached hydrogens (primary N) is 1. The summed E-state index contributed by atoms with van der Waals surface area (Å²) >= 11 is 4.80. The molecular weight excluding hydrogens is 342 g/mol. The van der Waals surface area contributed by atoms with Crippen molar-refractivity contribution in [3.63, 3.8) is 0 Å². The van der Waals surface area contributed by atoms with Crippen LogP contribution >= 0.6 is 27.3 Å². The zero-order valence-corrected chi connectivity index (χ0v) is 12.8. The highest BCUT2D eigenvalue weighted by Crippen LogP contribution is 2.25. The van der Waals surface area contributed by atoms with E-state index in [-0.39, 0.29) is 6.04 Å². The van der Waals surface area contributed by atoms with Crippen molar-refractivity contribution in [2.24, 2.45) is 5.73 Å². The summed E-state index contributed by atoms with van der Waals surface area (Å²) in [5.41, 5.74) is 7.06. The molecule has 0 bridgehead atoms. The maximum atomic E-state index is 5.78. The molecule has 3 heterocycles. The lowest BCUT2D eigenvalue weighted by Crippen LogP contribution is -2.03. The van der Waals surface area contributed by atoms with E-state index in [4.69, 9.17) is 10.3 Å². The highest BCUT2D eigenvalue weighted by atomic mass is 79.9. The van der Waals surface area contributed by atoms with E-state index in [2.05, 4.69) is 36.0 Å². The Morgan fingerprint density at radius 2 is 2.15 bits per heavy atom. The molecule has 6 nitrogen and oxygen atoms in total. The first-order chi connectivity index (χ1) is 9.63. The number of halogens is 1. The predicted octanol–water partition coefficient (Wildman–Crippen LogP) is 3.04. The van der Waals surface area contributed by atoms with E-state index < -0.39 is 0 Å². The molecule has 0 fully saturated rings. The SMILES string of the molecule is CC(N)c1nc(-c2nc(-c3ccc(Br)cn3)no2)cs1. The summed E-state index contributed by atoms with van der Waals surface area (Å²) in [6.07, 6.45) is 1.68. The minimum atomic E-state index is -0.107. The second-order valence-electron chi connectivity index (χ2n) is 4.14. The van der Waals surface area contributed by atoms with Crippen LogP contribution in [0, 0.1) is 0 Å². The Hall–Kier alpha value is -1.64. The standard InChI is InChI=1S/C12H10BrN5OS/c1-6(14)12-16-9(5-20-12)11-17-10(18-19-11)8-3-2-7(13)4-15-8/h2-6H,14H2,1H3. The first kappa shape index (κ1) is 13.3. The first-order valence-electron chi connectivity index (χ1n) is 5.80. The van der Waals surface area contributed by atoms with E-state index in [0.29, 0.717) is 23.1 Å². The average molecular weight is 352 g/mol. The van der Waals surface area contributed by atoms with Crippen LogP contribution in [0.1, 0.15) is 18.0 Å². The van der Waals surface area contributed by atoms with Crippen molar-refractivity contribution in [1.82, 2.24) is 20.1 Å². The summed E-state index contributed by atoms with van der Waals surface area (Å²) in [5, 5.41) is 6.60. The van der Waals surface area contributed by atoms with Crippen LogP contribution in [-0.4, -0.2) is 20.1 Å². The van der Waals surface area contributed by atoms with Crippen LogP contribution < -0.4 is 5.73 Å². The van der Waals surface area contributed by atoms with Gasteiger partial charge in [-0.3, -0.25) is 4.98 Å². The van der Waals surface area contributed by atoms with E-state index in [1.807, 2.05) is 24.4 Å². The number of hydrogen-bond donors (Lipinski definition) is 1. The minimum absolute atomic E-state index is 0.107. The van der Waals surface area contributed by atoms with Gasteiger partial charge in [-0.25, -0.2) is 4.98 Å². The molecule has 20 heavy (non-hydrogen) atoms. The van der Waals surface area contributed by atoms with E-state index in [1.54, 1.807) is 6.20 Å². The van der Waals surface area contributed by atoms with Gasteiger partial charge in [0, 0.05) is 16.0 Å². The fourth-order valence-corrected chi connectivity index (χ4v) is 2.52. The van der Waals surface area contributed by atoms with Gasteiger partial charge in [-0.05, 0) is 35.0 Å². The van der Waals surface area contributed by atoms with Crippen LogP contribution in [-0.2, 0) is 0 Å². The van der Waals surface area contributed by atoms with E-state index in [0.717, 1.165) is 9.48 Å². The second-order valence-corrected chi connectivity index (χ2v) is 5.95. The van der Waals surface area contributed by atoms with Gasteiger partial charge in [0.2, 0.25) is 5.82 Å². The Morgan fingerprint density at radius 3 is 2.80 bits per heavy atom. The van der Waals surface area contributed by atoms with Gasteiger partial charge < -0.3 is 10.3 Å². The van der Waals surface area contributed by atoms with E-state index >= 15 is 0 Å². The van der Waals surface area contributed by atoms with Crippen molar-refractivity contribution in [3.8, 4) is 23.1 Å². The third-order valence-electron chi connectivity index (χ3n) is 2.51. The molecule has 0 aliphatic carbocycles. The highest BCUT2D eigenvalue weighted by molar-refractivity contribution is 9.10. The number of nitrogens with zero attached hydrogens (tertiary/aromatic N) is 4. The normalized spacial score (nSPS) is 12.6. The van der Waals surface area contributed by atoms with Crippen molar-refractivity contribution in [3.05, 3.63) is 33.2 Å². The molecule has 0 spiro atoms. The first-order valence-corrected chi connectivity index (χ1v) is 7.48. The van der Waals surface area contributed by atoms with Crippen LogP contribution in [0.15, 0.2) is 32.7 Å². The molecule has 0 radical (unpaired) electrons. The van der Waals surface area contributed by atoms with Gasteiger partial charge >= 0.3 is 0 Å². The summed E-state index contributed by atoms with van der Waals surface area (Å²) < 4.78 is 6.11. The molecule has 0 aromatic carbocycles. The largest absolute Gasteiger partial charge is 0.332 e. The van der Waals surface area contributed by atoms with Gasteiger partial charge in [0.15, 0.2) is 0 Å². The van der Waals surface area contributed by atoms with Gasteiger partial charge in [0.25, 0.3) is 5.89 Å². The summed E-state index contributed by atoms with van der Waals surface area (Å²) in [6.45, 7) is 1.88. The maximum absolute atomic E-state index is 5.78. The molecular formula is C12H10BrN5OS. The van der Waals surface area contributed by atoms with Crippen LogP contribution in [0.5, 0.6) is 0 Å². The third-order valence-corrected chi connectivity index (χ3v) is 4.03. The van der Waals surface area contributed by atoms with E-state index in [1.165, 1.54) is 11.3 Å². The molecule has 3 aromatic rings. The Morgan fingerprint density at radius 1 is 1.30 bits per heavy atom. The minimum Gasteiger partial charge on any atom is -0.332 e. The lowest BCUT2D eigenvalue weighted by molar-refractivity contribution is 0.431. The quantitative estimate of drug-likeness (QED) is 0.779. The van der Waals surface area contributed by atoms with Crippen LogP contribution in [0.2, 0.25) is 0 Å². The van der Waals surface area contributed by atoms with Gasteiger partial charge in [-0.15, -0.1) is 11.3 Å². The summed E-state index contributed by atoms with van der Waals surface area (Å²) in [6, 6.07) is 3.58. The zero-order valence-electron chi connectivity index (χ0n) is 10.4. The van der Waals surface area contributed by atoms with Crippen molar-refractivity contribution in [1.29, 1.82) is 0 Å². The Bertz CT molecular complexity index is 722. The van der Waals surface area contributed by atoms with Gasteiger partial charge in [-0.1, -0.05) is 5.16 Å². The monoisotopic (exact) mass is 351 g/mol. The number of hydrogen-bond acceptors (Lipinski definition) is 7. The lowest BCUT2D eigenvalue weighted by Gasteiger charge is -1.95. The molecule has 0 saturated heterocycles. The van der Waals surface area contributed by atoms with Crippen molar-refractivity contribution >= 4 is 27.3 Å². The van der Waals surface area contributed by atoms with Gasteiger partial charge in [0.1, 0.15) is 16.4 Å². The van der Waals surface area contributed by atoms with E-state index in [9.17, 15) is 0 Å². The fourth-order valence-electron chi connectivity index (χ4n) is 1.53.